The Labute approximate surface area is 171 Å². The smallest absolute Gasteiger partial charge is 0.319 e. The van der Waals surface area contributed by atoms with Gasteiger partial charge in [0, 0.05) is 18.8 Å². The van der Waals surface area contributed by atoms with Gasteiger partial charge in [-0.25, -0.2) is 4.79 Å². The maximum Gasteiger partial charge on any atom is 0.319 e. The van der Waals surface area contributed by atoms with Gasteiger partial charge in [0.2, 0.25) is 5.91 Å². The van der Waals surface area contributed by atoms with Crippen LogP contribution in [-0.4, -0.2) is 48.5 Å². The number of hydrogen-bond donors (Lipinski definition) is 2. The van der Waals surface area contributed by atoms with Crippen molar-refractivity contribution in [2.24, 2.45) is 11.8 Å². The fraction of sp³-hybridized carbons (Fsp3) is 0.524. The molecule has 0 radical (unpaired) electrons. The van der Waals surface area contributed by atoms with Gasteiger partial charge in [0.05, 0.1) is 24.2 Å². The van der Waals surface area contributed by atoms with E-state index in [2.05, 4.69) is 10.6 Å². The van der Waals surface area contributed by atoms with Crippen LogP contribution in [0.4, 0.5) is 10.5 Å². The Morgan fingerprint density at radius 3 is 2.76 bits per heavy atom. The minimum atomic E-state index is -0.727. The number of nitriles is 1. The Kier molecular flexibility index (Phi) is 8.01. The molecule has 29 heavy (non-hydrogen) atoms. The molecule has 1 aromatic carbocycles. The summed E-state index contributed by atoms with van der Waals surface area (Å²) in [7, 11) is 0. The van der Waals surface area contributed by atoms with E-state index in [-0.39, 0.29) is 23.7 Å². The van der Waals surface area contributed by atoms with Crippen LogP contribution in [0.1, 0.15) is 39.2 Å². The molecule has 2 rings (SSSR count). The number of likely N-dealkylation sites (tertiary alicyclic amines) is 1. The van der Waals surface area contributed by atoms with Crippen molar-refractivity contribution in [2.75, 3.05) is 25.0 Å². The summed E-state index contributed by atoms with van der Waals surface area (Å²) < 4.78 is 5.09. The second-order valence-electron chi connectivity index (χ2n) is 7.39. The summed E-state index contributed by atoms with van der Waals surface area (Å²) in [6, 6.07) is 7.30. The zero-order chi connectivity index (χ0) is 21.4. The van der Waals surface area contributed by atoms with Crippen LogP contribution >= 0.6 is 0 Å². The number of nitrogens with zero attached hydrogens (tertiary/aromatic N) is 2. The first-order chi connectivity index (χ1) is 13.8. The second-order valence-corrected chi connectivity index (χ2v) is 7.39. The first-order valence-corrected chi connectivity index (χ1v) is 9.88. The molecule has 3 amide bonds. The van der Waals surface area contributed by atoms with E-state index in [9.17, 15) is 14.4 Å². The minimum absolute atomic E-state index is 0.137. The number of urea groups is 1. The molecule has 0 aromatic heterocycles. The van der Waals surface area contributed by atoms with Crippen LogP contribution in [0, 0.1) is 23.2 Å². The molecule has 1 aliphatic heterocycles. The van der Waals surface area contributed by atoms with Gasteiger partial charge in [-0.05, 0) is 43.9 Å². The highest BCUT2D eigenvalue weighted by Gasteiger charge is 2.34. The van der Waals surface area contributed by atoms with Crippen molar-refractivity contribution in [3.05, 3.63) is 29.8 Å². The van der Waals surface area contributed by atoms with E-state index in [1.54, 1.807) is 36.1 Å². The van der Waals surface area contributed by atoms with Crippen molar-refractivity contribution < 1.29 is 19.1 Å². The lowest BCUT2D eigenvalue weighted by molar-refractivity contribution is -0.151. The lowest BCUT2D eigenvalue weighted by Crippen LogP contribution is -2.54. The molecule has 1 saturated heterocycles. The molecule has 1 fully saturated rings. The second kappa shape index (κ2) is 10.5. The predicted octanol–water partition coefficient (Wildman–Crippen LogP) is 2.51. The number of ether oxygens (including phenoxy) is 1. The van der Waals surface area contributed by atoms with Gasteiger partial charge in [-0.1, -0.05) is 19.9 Å². The molecule has 2 N–H and O–H groups in total. The summed E-state index contributed by atoms with van der Waals surface area (Å²) in [5.41, 5.74) is 0.898. The predicted molar refractivity (Wildman–Crippen MR) is 108 cm³/mol. The Balaban J connectivity index is 2.02. The van der Waals surface area contributed by atoms with Crippen molar-refractivity contribution in [2.45, 2.75) is 39.7 Å². The van der Waals surface area contributed by atoms with E-state index in [0.29, 0.717) is 43.8 Å². The maximum atomic E-state index is 13.0. The van der Waals surface area contributed by atoms with Crippen molar-refractivity contribution in [3.8, 4) is 6.07 Å². The Bertz CT molecular complexity index is 787. The van der Waals surface area contributed by atoms with Crippen LogP contribution in [0.5, 0.6) is 0 Å². The highest BCUT2D eigenvalue weighted by molar-refractivity contribution is 5.94. The van der Waals surface area contributed by atoms with Gasteiger partial charge in [-0.2, -0.15) is 5.26 Å². The number of piperidine rings is 1. The fourth-order valence-electron chi connectivity index (χ4n) is 3.31. The molecular formula is C21H28N4O4. The van der Waals surface area contributed by atoms with Crippen LogP contribution in [-0.2, 0) is 14.3 Å². The van der Waals surface area contributed by atoms with Gasteiger partial charge < -0.3 is 20.3 Å². The van der Waals surface area contributed by atoms with Gasteiger partial charge >= 0.3 is 12.0 Å². The molecule has 1 aromatic rings. The van der Waals surface area contributed by atoms with E-state index in [4.69, 9.17) is 10.00 Å². The standard InChI is InChI=1S/C21H28N4O4/c1-4-29-20(27)16-8-6-10-25(13-16)19(26)18(14(2)3)24-21(28)23-17-9-5-7-15(11-17)12-22/h5,7,9,11,14,16,18H,4,6,8,10,13H2,1-3H3,(H2,23,24,28). The largest absolute Gasteiger partial charge is 0.466 e. The lowest BCUT2D eigenvalue weighted by atomic mass is 9.95. The number of amides is 3. The number of nitrogens with one attached hydrogen (secondary N) is 2. The first kappa shape index (κ1) is 22.2. The number of rotatable bonds is 6. The Morgan fingerprint density at radius 1 is 1.34 bits per heavy atom. The van der Waals surface area contributed by atoms with Gasteiger partial charge in [0.15, 0.2) is 0 Å². The highest BCUT2D eigenvalue weighted by Crippen LogP contribution is 2.20. The molecule has 0 bridgehead atoms. The zero-order valence-corrected chi connectivity index (χ0v) is 17.1. The van der Waals surface area contributed by atoms with Gasteiger partial charge in [-0.3, -0.25) is 9.59 Å². The summed E-state index contributed by atoms with van der Waals surface area (Å²) in [6.45, 7) is 6.62. The van der Waals surface area contributed by atoms with Crippen molar-refractivity contribution in [1.82, 2.24) is 10.2 Å². The summed E-state index contributed by atoms with van der Waals surface area (Å²) >= 11 is 0. The van der Waals surface area contributed by atoms with E-state index in [0.717, 1.165) is 0 Å². The van der Waals surface area contributed by atoms with E-state index in [1.165, 1.54) is 0 Å². The van der Waals surface area contributed by atoms with Crippen LogP contribution in [0.2, 0.25) is 0 Å². The first-order valence-electron chi connectivity index (χ1n) is 9.88. The highest BCUT2D eigenvalue weighted by atomic mass is 16.5. The Hall–Kier alpha value is -3.08. The summed E-state index contributed by atoms with van der Waals surface area (Å²) in [6.07, 6.45) is 1.41. The van der Waals surface area contributed by atoms with Crippen molar-refractivity contribution >= 4 is 23.6 Å². The van der Waals surface area contributed by atoms with E-state index < -0.39 is 12.1 Å². The third kappa shape index (κ3) is 6.21. The molecular weight excluding hydrogens is 372 g/mol. The van der Waals surface area contributed by atoms with Crippen molar-refractivity contribution in [3.63, 3.8) is 0 Å². The minimum Gasteiger partial charge on any atom is -0.466 e. The molecule has 2 atom stereocenters. The van der Waals surface area contributed by atoms with Gasteiger partial charge in [-0.15, -0.1) is 0 Å². The maximum absolute atomic E-state index is 13.0. The molecule has 0 saturated carbocycles. The van der Waals surface area contributed by atoms with E-state index in [1.807, 2.05) is 19.9 Å². The van der Waals surface area contributed by atoms with E-state index >= 15 is 0 Å². The van der Waals surface area contributed by atoms with Gasteiger partial charge in [0.25, 0.3) is 0 Å². The molecule has 1 aliphatic rings. The van der Waals surface area contributed by atoms with Crippen LogP contribution in [0.15, 0.2) is 24.3 Å². The summed E-state index contributed by atoms with van der Waals surface area (Å²) in [5.74, 6) is -0.964. The number of anilines is 1. The monoisotopic (exact) mass is 400 g/mol. The third-order valence-corrected chi connectivity index (χ3v) is 4.82. The van der Waals surface area contributed by atoms with Crippen LogP contribution < -0.4 is 10.6 Å². The molecule has 156 valence electrons. The third-order valence-electron chi connectivity index (χ3n) is 4.82. The molecule has 1 heterocycles. The SMILES string of the molecule is CCOC(=O)C1CCCN(C(=O)C(NC(=O)Nc2cccc(C#N)c2)C(C)C)C1. The zero-order valence-electron chi connectivity index (χ0n) is 17.1. The molecule has 0 spiro atoms. The molecule has 0 aliphatic carbocycles. The fourth-order valence-corrected chi connectivity index (χ4v) is 3.31. The van der Waals surface area contributed by atoms with Crippen molar-refractivity contribution in [1.29, 1.82) is 5.26 Å². The number of benzene rings is 1. The van der Waals surface area contributed by atoms with Gasteiger partial charge in [0.1, 0.15) is 6.04 Å². The average molecular weight is 400 g/mol. The average Bonchev–Trinajstić information content (AvgIpc) is 2.71. The molecule has 8 heteroatoms. The lowest BCUT2D eigenvalue weighted by Gasteiger charge is -2.35. The normalized spacial score (nSPS) is 17.2. The van der Waals surface area contributed by atoms with Crippen LogP contribution in [0.3, 0.4) is 0 Å². The van der Waals surface area contributed by atoms with Crippen LogP contribution in [0.25, 0.3) is 0 Å². The number of carbonyl (C=O) groups excluding carboxylic acids is 3. The molecule has 2 unspecified atom stereocenters. The number of hydrogen-bond acceptors (Lipinski definition) is 5. The summed E-state index contributed by atoms with van der Waals surface area (Å²) in [5, 5.41) is 14.3. The topological polar surface area (TPSA) is 112 Å². The molecule has 8 nitrogen and oxygen atoms in total. The number of esters is 1. The summed E-state index contributed by atoms with van der Waals surface area (Å²) in [4.78, 5) is 39.1. The Morgan fingerprint density at radius 2 is 2.10 bits per heavy atom. The quantitative estimate of drug-likeness (QED) is 0.713. The number of carbonyl (C=O) groups is 3.